The number of carbonyl (C=O) groups excluding carboxylic acids is 2. The van der Waals surface area contributed by atoms with E-state index in [1.807, 2.05) is 15.7 Å². The maximum atomic E-state index is 12.1. The van der Waals surface area contributed by atoms with Crippen molar-refractivity contribution in [2.75, 3.05) is 13.1 Å². The van der Waals surface area contributed by atoms with Crippen LogP contribution in [0.5, 0.6) is 0 Å². The van der Waals surface area contributed by atoms with Crippen LogP contribution in [0.3, 0.4) is 0 Å². The fraction of sp³-hybridized carbons (Fsp3) is 0.706. The van der Waals surface area contributed by atoms with Gasteiger partial charge in [-0.25, -0.2) is 4.98 Å². The zero-order valence-corrected chi connectivity index (χ0v) is 14.6. The molecule has 24 heavy (non-hydrogen) atoms. The molecule has 134 valence electrons. The average molecular weight is 335 g/mol. The van der Waals surface area contributed by atoms with Crippen molar-refractivity contribution >= 4 is 11.8 Å². The number of hydrogen-bond acceptors (Lipinski definition) is 4. The van der Waals surface area contributed by atoms with E-state index in [1.54, 1.807) is 19.4 Å². The van der Waals surface area contributed by atoms with Crippen molar-refractivity contribution in [2.24, 2.45) is 11.7 Å². The molecule has 7 heteroatoms. The van der Waals surface area contributed by atoms with Gasteiger partial charge >= 0.3 is 0 Å². The Kier molecular flexibility index (Phi) is 6.78. The van der Waals surface area contributed by atoms with Crippen LogP contribution in [0.1, 0.15) is 39.5 Å². The van der Waals surface area contributed by atoms with Gasteiger partial charge < -0.3 is 20.5 Å². The Hall–Kier alpha value is -1.89. The third-order valence-electron chi connectivity index (χ3n) is 4.72. The van der Waals surface area contributed by atoms with Crippen molar-refractivity contribution < 1.29 is 9.59 Å². The van der Waals surface area contributed by atoms with E-state index in [1.165, 1.54) is 0 Å². The van der Waals surface area contributed by atoms with E-state index in [2.05, 4.69) is 17.2 Å². The van der Waals surface area contributed by atoms with Crippen LogP contribution in [0, 0.1) is 5.92 Å². The molecule has 2 rings (SSSR count). The number of hydrogen-bond donors (Lipinski definition) is 2. The first-order chi connectivity index (χ1) is 11.5. The highest BCUT2D eigenvalue weighted by molar-refractivity contribution is 5.81. The Bertz CT molecular complexity index is 521. The van der Waals surface area contributed by atoms with Gasteiger partial charge in [-0.3, -0.25) is 9.59 Å². The largest absolute Gasteiger partial charge is 0.353 e. The molecule has 2 atom stereocenters. The highest BCUT2D eigenvalue weighted by atomic mass is 16.2. The summed E-state index contributed by atoms with van der Waals surface area (Å²) in [4.78, 5) is 29.8. The van der Waals surface area contributed by atoms with Crippen LogP contribution in [0.4, 0.5) is 0 Å². The van der Waals surface area contributed by atoms with E-state index in [4.69, 9.17) is 5.73 Å². The molecule has 0 spiro atoms. The van der Waals surface area contributed by atoms with Gasteiger partial charge in [-0.05, 0) is 39.0 Å². The number of carbonyl (C=O) groups is 2. The summed E-state index contributed by atoms with van der Waals surface area (Å²) >= 11 is 0. The fourth-order valence-electron chi connectivity index (χ4n) is 3.19. The van der Waals surface area contributed by atoms with Crippen LogP contribution in [0.15, 0.2) is 18.7 Å². The lowest BCUT2D eigenvalue weighted by atomic mass is 9.90. The van der Waals surface area contributed by atoms with Gasteiger partial charge in [0, 0.05) is 44.5 Å². The molecule has 2 amide bonds. The number of rotatable bonds is 7. The monoisotopic (exact) mass is 335 g/mol. The second-order valence-corrected chi connectivity index (χ2v) is 6.71. The summed E-state index contributed by atoms with van der Waals surface area (Å²) in [6.45, 7) is 6.04. The van der Waals surface area contributed by atoms with Crippen LogP contribution < -0.4 is 11.1 Å². The van der Waals surface area contributed by atoms with E-state index in [0.717, 1.165) is 38.9 Å². The van der Waals surface area contributed by atoms with Crippen LogP contribution in [-0.2, 0) is 16.1 Å². The minimum Gasteiger partial charge on any atom is -0.353 e. The minimum absolute atomic E-state index is 0.0182. The topological polar surface area (TPSA) is 93.2 Å². The Labute approximate surface area is 143 Å². The first kappa shape index (κ1) is 18.4. The van der Waals surface area contributed by atoms with Crippen LogP contribution >= 0.6 is 0 Å². The summed E-state index contributed by atoms with van der Waals surface area (Å²) in [5.74, 6) is 0.529. The van der Waals surface area contributed by atoms with E-state index < -0.39 is 6.04 Å². The standard InChI is InChI=1S/C17H29N5O2/c1-13(18)17(24)22-9-5-15(6-10-22)14(2)20-16(23)4-3-8-21-11-7-19-12-21/h7,11-15H,3-6,8-10,18H2,1-2H3,(H,20,23)/t13-,14?/m0/s1. The van der Waals surface area contributed by atoms with E-state index in [9.17, 15) is 9.59 Å². The first-order valence-corrected chi connectivity index (χ1v) is 8.77. The van der Waals surface area contributed by atoms with Gasteiger partial charge in [0.05, 0.1) is 12.4 Å². The van der Waals surface area contributed by atoms with Gasteiger partial charge in [0.1, 0.15) is 0 Å². The van der Waals surface area contributed by atoms with Crippen molar-refractivity contribution in [3.8, 4) is 0 Å². The number of piperidine rings is 1. The van der Waals surface area contributed by atoms with Gasteiger partial charge in [-0.2, -0.15) is 0 Å². The van der Waals surface area contributed by atoms with Crippen LogP contribution in [0.2, 0.25) is 0 Å². The highest BCUT2D eigenvalue weighted by Crippen LogP contribution is 2.21. The summed E-state index contributed by atoms with van der Waals surface area (Å²) in [6, 6.07) is -0.299. The van der Waals surface area contributed by atoms with Crippen molar-refractivity contribution in [3.05, 3.63) is 18.7 Å². The number of likely N-dealkylation sites (tertiary alicyclic amines) is 1. The number of nitrogens with one attached hydrogen (secondary N) is 1. The molecule has 0 aromatic carbocycles. The van der Waals surface area contributed by atoms with Crippen molar-refractivity contribution in [2.45, 2.75) is 58.2 Å². The first-order valence-electron chi connectivity index (χ1n) is 8.77. The zero-order chi connectivity index (χ0) is 17.5. The molecule has 1 aliphatic heterocycles. The van der Waals surface area contributed by atoms with E-state index in [0.29, 0.717) is 12.3 Å². The second kappa shape index (κ2) is 8.82. The van der Waals surface area contributed by atoms with Crippen molar-refractivity contribution in [1.29, 1.82) is 0 Å². The molecule has 2 heterocycles. The van der Waals surface area contributed by atoms with Gasteiger partial charge in [0.15, 0.2) is 0 Å². The Balaban J connectivity index is 1.66. The van der Waals surface area contributed by atoms with Crippen LogP contribution in [0.25, 0.3) is 0 Å². The molecule has 1 aliphatic rings. The molecular formula is C17H29N5O2. The lowest BCUT2D eigenvalue weighted by Gasteiger charge is -2.35. The molecule has 1 saturated heterocycles. The highest BCUT2D eigenvalue weighted by Gasteiger charge is 2.27. The smallest absolute Gasteiger partial charge is 0.239 e. The summed E-state index contributed by atoms with van der Waals surface area (Å²) in [6.07, 6.45) is 8.55. The van der Waals surface area contributed by atoms with Crippen molar-refractivity contribution in [3.63, 3.8) is 0 Å². The summed E-state index contributed by atoms with van der Waals surface area (Å²) in [7, 11) is 0. The normalized spacial score (nSPS) is 18.2. The van der Waals surface area contributed by atoms with Gasteiger partial charge in [-0.15, -0.1) is 0 Å². The maximum Gasteiger partial charge on any atom is 0.239 e. The lowest BCUT2D eigenvalue weighted by molar-refractivity contribution is -0.134. The fourth-order valence-corrected chi connectivity index (χ4v) is 3.19. The Morgan fingerprint density at radius 3 is 2.62 bits per heavy atom. The quantitative estimate of drug-likeness (QED) is 0.769. The predicted molar refractivity (Wildman–Crippen MR) is 92.0 cm³/mol. The number of aromatic nitrogens is 2. The SMILES string of the molecule is CC(NC(=O)CCCn1ccnc1)C1CCN(C(=O)[C@H](C)N)CC1. The predicted octanol–water partition coefficient (Wildman–Crippen LogP) is 0.754. The molecule has 1 aromatic heterocycles. The molecular weight excluding hydrogens is 306 g/mol. The third-order valence-corrected chi connectivity index (χ3v) is 4.72. The number of imidazole rings is 1. The molecule has 1 fully saturated rings. The Morgan fingerprint density at radius 2 is 2.04 bits per heavy atom. The summed E-state index contributed by atoms with van der Waals surface area (Å²) < 4.78 is 1.97. The zero-order valence-electron chi connectivity index (χ0n) is 14.6. The lowest BCUT2D eigenvalue weighted by Crippen LogP contribution is -2.49. The number of amides is 2. The Morgan fingerprint density at radius 1 is 1.33 bits per heavy atom. The number of nitrogens with zero attached hydrogens (tertiary/aromatic N) is 3. The maximum absolute atomic E-state index is 12.1. The van der Waals surface area contributed by atoms with Gasteiger partial charge in [0.25, 0.3) is 0 Å². The molecule has 0 saturated carbocycles. The van der Waals surface area contributed by atoms with Crippen LogP contribution in [-0.4, -0.2) is 51.4 Å². The minimum atomic E-state index is -0.436. The van der Waals surface area contributed by atoms with E-state index >= 15 is 0 Å². The van der Waals surface area contributed by atoms with Gasteiger partial charge in [0.2, 0.25) is 11.8 Å². The number of aryl methyl sites for hydroxylation is 1. The molecule has 0 radical (unpaired) electrons. The van der Waals surface area contributed by atoms with Gasteiger partial charge in [-0.1, -0.05) is 0 Å². The van der Waals surface area contributed by atoms with E-state index in [-0.39, 0.29) is 17.9 Å². The molecule has 1 unspecified atom stereocenters. The summed E-state index contributed by atoms with van der Waals surface area (Å²) in [5, 5.41) is 3.10. The summed E-state index contributed by atoms with van der Waals surface area (Å²) in [5.41, 5.74) is 5.65. The molecule has 0 aliphatic carbocycles. The second-order valence-electron chi connectivity index (χ2n) is 6.71. The molecule has 0 bridgehead atoms. The van der Waals surface area contributed by atoms with Crippen molar-refractivity contribution in [1.82, 2.24) is 19.8 Å². The average Bonchev–Trinajstić information content (AvgIpc) is 3.07. The number of nitrogens with two attached hydrogens (primary N) is 1. The molecule has 3 N–H and O–H groups in total. The molecule has 7 nitrogen and oxygen atoms in total. The molecule has 1 aromatic rings. The third kappa shape index (κ3) is 5.33.